The first kappa shape index (κ1) is 29.5. The molecule has 7 rings (SSSR count). The fourth-order valence-electron chi connectivity index (χ4n) is 4.35. The molecule has 0 amide bonds. The van der Waals surface area contributed by atoms with Crippen molar-refractivity contribution in [1.82, 2.24) is 0 Å². The topological polar surface area (TPSA) is 0 Å². The first-order valence-electron chi connectivity index (χ1n) is 12.1. The SMILES string of the molecule is Cl.Cl.[Hf+2]=[C](c1ccccc1)c1ccccc1.c1ccc2[cH-]ccc2c1.c1ccc2c(c1)[cH-]c1ccccc12. The minimum atomic E-state index is 0. The average Bonchev–Trinajstić information content (AvgIpc) is 3.59. The number of hydrogen-bond donors (Lipinski definition) is 0. The van der Waals surface area contributed by atoms with E-state index in [0.29, 0.717) is 0 Å². The van der Waals surface area contributed by atoms with Gasteiger partial charge in [-0.3, -0.25) is 0 Å². The number of benzene rings is 5. The second-order valence-corrected chi connectivity index (χ2v) is 10.4. The summed E-state index contributed by atoms with van der Waals surface area (Å²) in [6.07, 6.45) is 0. The first-order chi connectivity index (χ1) is 17.8. The molecule has 0 aliphatic rings. The molecule has 7 aromatic carbocycles. The molecule has 0 nitrogen and oxygen atoms in total. The monoisotopic (exact) mass is 698 g/mol. The van der Waals surface area contributed by atoms with Crippen LogP contribution in [0.15, 0.2) is 158 Å². The standard InChI is InChI=1S/C13H9.C13H10.C9H7.2ClH.Hf/c1-3-7-12-10(5-1)9-11-6-2-4-8-13(11)12;1-3-7-12(8-4-1)11-13-9-5-2-6-10-13;1-2-5-9-7-3-6-8(9)4-1;;;/h1-9H;1-10H;1-7H;2*1H;/q-1;;-1;;;+2. The maximum atomic E-state index is 2.24. The van der Waals surface area contributed by atoms with Gasteiger partial charge in [-0.1, -0.05) is 42.5 Å². The Bertz CT molecular complexity index is 1570. The van der Waals surface area contributed by atoms with Crippen molar-refractivity contribution in [3.8, 4) is 0 Å². The quantitative estimate of drug-likeness (QED) is 0.125. The molecule has 0 heterocycles. The molecule has 0 saturated carbocycles. The molecule has 0 bridgehead atoms. The molecule has 0 radical (unpaired) electrons. The normalized spacial score (nSPS) is 9.84. The zero-order valence-corrected chi connectivity index (χ0v) is 26.1. The van der Waals surface area contributed by atoms with E-state index >= 15 is 0 Å². The van der Waals surface area contributed by atoms with Crippen LogP contribution in [0, 0.1) is 0 Å². The van der Waals surface area contributed by atoms with Crippen LogP contribution >= 0.6 is 24.8 Å². The van der Waals surface area contributed by atoms with E-state index in [1.165, 1.54) is 46.7 Å². The Morgan fingerprint density at radius 2 is 0.868 bits per heavy atom. The van der Waals surface area contributed by atoms with E-state index in [4.69, 9.17) is 0 Å². The summed E-state index contributed by atoms with van der Waals surface area (Å²) in [5.41, 5.74) is 2.70. The van der Waals surface area contributed by atoms with Gasteiger partial charge in [0.25, 0.3) is 0 Å². The maximum Gasteiger partial charge on any atom is -0.0771 e. The third-order valence-corrected chi connectivity index (χ3v) is 8.27. The van der Waals surface area contributed by atoms with Crippen LogP contribution < -0.4 is 0 Å². The van der Waals surface area contributed by atoms with Crippen LogP contribution in [0.1, 0.15) is 11.1 Å². The summed E-state index contributed by atoms with van der Waals surface area (Å²) in [6.45, 7) is 0. The zero-order chi connectivity index (χ0) is 24.6. The molecule has 0 aliphatic heterocycles. The van der Waals surface area contributed by atoms with Crippen LogP contribution in [0.3, 0.4) is 0 Å². The van der Waals surface area contributed by atoms with Gasteiger partial charge in [-0.2, -0.15) is 17.5 Å². The van der Waals surface area contributed by atoms with Gasteiger partial charge < -0.3 is 0 Å². The van der Waals surface area contributed by atoms with Crippen molar-refractivity contribution in [2.45, 2.75) is 0 Å². The number of fused-ring (bicyclic) bond motifs is 4. The molecule has 38 heavy (non-hydrogen) atoms. The van der Waals surface area contributed by atoms with Crippen LogP contribution in [0.4, 0.5) is 0 Å². The van der Waals surface area contributed by atoms with E-state index in [-0.39, 0.29) is 24.8 Å². The Morgan fingerprint density at radius 3 is 1.37 bits per heavy atom. The third-order valence-electron chi connectivity index (χ3n) is 6.20. The molecule has 0 unspecified atom stereocenters. The smallest absolute Gasteiger partial charge is 0.0771 e. The van der Waals surface area contributed by atoms with Crippen LogP contribution in [-0.4, -0.2) is 3.26 Å². The average molecular weight is 698 g/mol. The summed E-state index contributed by atoms with van der Waals surface area (Å²) in [5.74, 6) is 0. The molecule has 0 atom stereocenters. The summed E-state index contributed by atoms with van der Waals surface area (Å²) in [6, 6.07) is 55.1. The van der Waals surface area contributed by atoms with Crippen LogP contribution in [-0.2, 0) is 23.9 Å². The van der Waals surface area contributed by atoms with Crippen LogP contribution in [0.2, 0.25) is 0 Å². The van der Waals surface area contributed by atoms with Gasteiger partial charge in [0.15, 0.2) is 0 Å². The molecular formula is C35H28Cl2Hf. The number of hydrogen-bond acceptors (Lipinski definition) is 0. The van der Waals surface area contributed by atoms with Crippen molar-refractivity contribution < 1.29 is 23.9 Å². The van der Waals surface area contributed by atoms with Crippen molar-refractivity contribution >= 4 is 60.4 Å². The van der Waals surface area contributed by atoms with E-state index in [9.17, 15) is 0 Å². The van der Waals surface area contributed by atoms with Gasteiger partial charge in [0.05, 0.1) is 0 Å². The van der Waals surface area contributed by atoms with Crippen LogP contribution in [0.5, 0.6) is 0 Å². The third kappa shape index (κ3) is 7.26. The summed E-state index contributed by atoms with van der Waals surface area (Å²) < 4.78 is 1.46. The van der Waals surface area contributed by atoms with Crippen molar-refractivity contribution in [2.75, 3.05) is 0 Å². The number of rotatable bonds is 2. The van der Waals surface area contributed by atoms with Gasteiger partial charge in [-0.15, -0.1) is 94.2 Å². The van der Waals surface area contributed by atoms with E-state index < -0.39 is 0 Å². The molecule has 186 valence electrons. The first-order valence-corrected chi connectivity index (χ1v) is 13.9. The second-order valence-electron chi connectivity index (χ2n) is 8.58. The van der Waals surface area contributed by atoms with Gasteiger partial charge in [0.1, 0.15) is 0 Å². The minimum absolute atomic E-state index is 0. The second kappa shape index (κ2) is 14.7. The molecule has 0 N–H and O–H groups in total. The zero-order valence-electron chi connectivity index (χ0n) is 20.8. The molecule has 7 aromatic rings. The Kier molecular flexibility index (Phi) is 11.4. The predicted octanol–water partition coefficient (Wildman–Crippen LogP) is 9.92. The Morgan fingerprint density at radius 1 is 0.447 bits per heavy atom. The van der Waals surface area contributed by atoms with Gasteiger partial charge in [0, 0.05) is 0 Å². The maximum absolute atomic E-state index is 2.24. The van der Waals surface area contributed by atoms with Gasteiger partial charge in [-0.05, 0) is 0 Å². The molecule has 0 saturated heterocycles. The Hall–Kier alpha value is -3.10. The summed E-state index contributed by atoms with van der Waals surface area (Å²) in [5, 5.41) is 8.05. The van der Waals surface area contributed by atoms with E-state index in [0.717, 1.165) is 23.9 Å². The van der Waals surface area contributed by atoms with Gasteiger partial charge in [-0.25, -0.2) is 0 Å². The largest absolute Gasteiger partial charge is 0.168 e. The van der Waals surface area contributed by atoms with Crippen molar-refractivity contribution in [3.05, 3.63) is 169 Å². The van der Waals surface area contributed by atoms with Gasteiger partial charge in [0.2, 0.25) is 0 Å². The molecule has 3 heteroatoms. The molecule has 0 spiro atoms. The summed E-state index contributed by atoms with van der Waals surface area (Å²) in [7, 11) is 0. The predicted molar refractivity (Wildman–Crippen MR) is 167 cm³/mol. The Balaban J connectivity index is 0.000000157. The Labute approximate surface area is 251 Å². The van der Waals surface area contributed by atoms with Crippen LogP contribution in [0.25, 0.3) is 32.3 Å². The van der Waals surface area contributed by atoms with Gasteiger partial charge >= 0.3 is 98.9 Å². The van der Waals surface area contributed by atoms with E-state index in [2.05, 4.69) is 158 Å². The summed E-state index contributed by atoms with van der Waals surface area (Å²) >= 11 is 1.08. The molecule has 0 fully saturated rings. The molecule has 0 aromatic heterocycles. The molecular weight excluding hydrogens is 670 g/mol. The van der Waals surface area contributed by atoms with E-state index in [1.54, 1.807) is 0 Å². The summed E-state index contributed by atoms with van der Waals surface area (Å²) in [4.78, 5) is 0. The fraction of sp³-hybridized carbons (Fsp3) is 0. The minimum Gasteiger partial charge on any atom is -0.168 e. The van der Waals surface area contributed by atoms with E-state index in [1.807, 2.05) is 0 Å². The number of halogens is 2. The van der Waals surface area contributed by atoms with Crippen molar-refractivity contribution in [2.24, 2.45) is 0 Å². The van der Waals surface area contributed by atoms with Crippen molar-refractivity contribution in [3.63, 3.8) is 0 Å². The molecule has 0 aliphatic carbocycles. The fourth-order valence-corrected chi connectivity index (χ4v) is 5.55. The van der Waals surface area contributed by atoms with Crippen molar-refractivity contribution in [1.29, 1.82) is 0 Å².